The number of aromatic hydroxyl groups is 1. The van der Waals surface area contributed by atoms with Crippen LogP contribution in [-0.2, 0) is 0 Å². The van der Waals surface area contributed by atoms with Crippen LogP contribution in [0.4, 0.5) is 5.69 Å². The number of carboxylic acid groups (broad SMARTS) is 1. The molecule has 31 heavy (non-hydrogen) atoms. The molecule has 6 heteroatoms. The Morgan fingerprint density at radius 2 is 1.68 bits per heavy atom. The highest BCUT2D eigenvalue weighted by Crippen LogP contribution is 2.28. The number of aliphatic imine (C=N–C) groups is 1. The number of nitrogens with zero attached hydrogens (tertiary/aromatic N) is 2. The summed E-state index contributed by atoms with van der Waals surface area (Å²) in [5.74, 6) is -1.62. The van der Waals surface area contributed by atoms with E-state index in [0.29, 0.717) is 22.0 Å². The third kappa shape index (κ3) is 3.59. The molecular formula is C25H19N2O4-. The van der Waals surface area contributed by atoms with Crippen LogP contribution in [0.15, 0.2) is 76.5 Å². The molecule has 0 radical (unpaired) electrons. The van der Waals surface area contributed by atoms with Crippen molar-refractivity contribution in [3.63, 3.8) is 0 Å². The number of carbonyl (C=O) groups is 1. The van der Waals surface area contributed by atoms with Gasteiger partial charge in [0, 0.05) is 22.6 Å². The molecule has 0 atom stereocenters. The molecular weight excluding hydrogens is 392 g/mol. The van der Waals surface area contributed by atoms with Crippen LogP contribution in [0.2, 0.25) is 0 Å². The van der Waals surface area contributed by atoms with Gasteiger partial charge in [-0.25, -0.2) is 4.57 Å². The highest BCUT2D eigenvalue weighted by molar-refractivity contribution is 6.03. The zero-order chi connectivity index (χ0) is 22.1. The van der Waals surface area contributed by atoms with Gasteiger partial charge in [-0.2, -0.15) is 0 Å². The molecule has 1 heterocycles. The van der Waals surface area contributed by atoms with Gasteiger partial charge in [-0.15, -0.1) is 0 Å². The molecule has 0 bridgehead atoms. The Labute approximate surface area is 178 Å². The van der Waals surface area contributed by atoms with Gasteiger partial charge in [-0.3, -0.25) is 9.79 Å². The zero-order valence-corrected chi connectivity index (χ0v) is 17.0. The van der Waals surface area contributed by atoms with E-state index in [1.807, 2.05) is 26.0 Å². The summed E-state index contributed by atoms with van der Waals surface area (Å²) >= 11 is 0. The van der Waals surface area contributed by atoms with Crippen LogP contribution >= 0.6 is 0 Å². The summed E-state index contributed by atoms with van der Waals surface area (Å²) < 4.78 is 1.25. The van der Waals surface area contributed by atoms with E-state index in [1.54, 1.807) is 48.5 Å². The molecule has 0 saturated heterocycles. The van der Waals surface area contributed by atoms with Gasteiger partial charge in [-0.05, 0) is 37.6 Å². The van der Waals surface area contributed by atoms with Crippen LogP contribution < -0.4 is 10.7 Å². The number of aryl methyl sites for hydroxylation is 2. The van der Waals surface area contributed by atoms with Gasteiger partial charge in [0.2, 0.25) is 5.88 Å². The number of aromatic carboxylic acids is 1. The van der Waals surface area contributed by atoms with E-state index in [9.17, 15) is 19.8 Å². The minimum atomic E-state index is -1.35. The highest BCUT2D eigenvalue weighted by Gasteiger charge is 2.17. The Morgan fingerprint density at radius 1 is 1.00 bits per heavy atom. The molecule has 0 fully saturated rings. The van der Waals surface area contributed by atoms with Gasteiger partial charge >= 0.3 is 0 Å². The summed E-state index contributed by atoms with van der Waals surface area (Å²) in [4.78, 5) is 28.9. The van der Waals surface area contributed by atoms with Gasteiger partial charge in [0.05, 0.1) is 22.9 Å². The molecule has 1 N–H and O–H groups in total. The molecule has 0 spiro atoms. The molecule has 0 aliphatic carbocycles. The molecule has 1 aromatic heterocycles. The lowest BCUT2D eigenvalue weighted by atomic mass is 10.1. The number of carboxylic acids is 1. The number of hydrogen-bond donors (Lipinski definition) is 1. The normalized spacial score (nSPS) is 11.3. The van der Waals surface area contributed by atoms with Crippen molar-refractivity contribution < 1.29 is 15.0 Å². The Bertz CT molecular complexity index is 1420. The fourth-order valence-electron chi connectivity index (χ4n) is 3.66. The van der Waals surface area contributed by atoms with Crippen LogP contribution in [0.3, 0.4) is 0 Å². The van der Waals surface area contributed by atoms with Gasteiger partial charge in [0.1, 0.15) is 0 Å². The first-order valence-corrected chi connectivity index (χ1v) is 9.67. The summed E-state index contributed by atoms with van der Waals surface area (Å²) in [6.07, 6.45) is 1.37. The van der Waals surface area contributed by atoms with E-state index >= 15 is 0 Å². The summed E-state index contributed by atoms with van der Waals surface area (Å²) in [5.41, 5.74) is 2.51. The fourth-order valence-corrected chi connectivity index (χ4v) is 3.66. The van der Waals surface area contributed by atoms with Crippen molar-refractivity contribution in [2.45, 2.75) is 13.8 Å². The minimum absolute atomic E-state index is 0.0646. The Hall–Kier alpha value is -4.19. The first-order valence-electron chi connectivity index (χ1n) is 9.67. The van der Waals surface area contributed by atoms with Crippen LogP contribution in [0.1, 0.15) is 27.0 Å². The number of rotatable bonds is 4. The van der Waals surface area contributed by atoms with Crippen LogP contribution in [0, 0.1) is 13.8 Å². The maximum atomic E-state index is 13.2. The second-order valence-corrected chi connectivity index (χ2v) is 7.28. The standard InChI is InChI=1S/C25H20N2O4/c1-15-11-12-22(16(2)13-15)27-23(28)18-8-4-3-7-17(18)20(24(27)29)14-26-21-10-6-5-9-19(21)25(30)31/h3-14,29H,1-2H3,(H,30,31)/p-1. The van der Waals surface area contributed by atoms with Crippen molar-refractivity contribution in [2.24, 2.45) is 4.99 Å². The molecule has 0 amide bonds. The van der Waals surface area contributed by atoms with E-state index in [1.165, 1.54) is 16.8 Å². The Morgan fingerprint density at radius 3 is 2.39 bits per heavy atom. The molecule has 3 aromatic carbocycles. The number of para-hydroxylation sites is 1. The predicted octanol–water partition coefficient (Wildman–Crippen LogP) is 3.43. The largest absolute Gasteiger partial charge is 0.545 e. The summed E-state index contributed by atoms with van der Waals surface area (Å²) in [6.45, 7) is 3.82. The van der Waals surface area contributed by atoms with Gasteiger partial charge in [0.25, 0.3) is 5.56 Å². The van der Waals surface area contributed by atoms with Crippen molar-refractivity contribution in [2.75, 3.05) is 0 Å². The number of carbonyl (C=O) groups excluding carboxylic acids is 1. The third-order valence-electron chi connectivity index (χ3n) is 5.15. The summed E-state index contributed by atoms with van der Waals surface area (Å²) in [7, 11) is 0. The first-order chi connectivity index (χ1) is 14.9. The van der Waals surface area contributed by atoms with Crippen molar-refractivity contribution in [1.29, 1.82) is 0 Å². The first kappa shape index (κ1) is 20.1. The lowest BCUT2D eigenvalue weighted by Crippen LogP contribution is -2.22. The van der Waals surface area contributed by atoms with Crippen molar-refractivity contribution >= 4 is 28.6 Å². The smallest absolute Gasteiger partial charge is 0.265 e. The van der Waals surface area contributed by atoms with E-state index in [-0.39, 0.29) is 22.7 Å². The SMILES string of the molecule is Cc1ccc(-n2c(O)c(C=Nc3ccccc3C(=O)[O-])c3ccccc3c2=O)c(C)c1. The molecule has 0 aliphatic heterocycles. The third-order valence-corrected chi connectivity index (χ3v) is 5.15. The molecule has 6 nitrogen and oxygen atoms in total. The highest BCUT2D eigenvalue weighted by atomic mass is 16.4. The molecule has 154 valence electrons. The lowest BCUT2D eigenvalue weighted by Gasteiger charge is -2.16. The van der Waals surface area contributed by atoms with E-state index < -0.39 is 5.97 Å². The molecule has 4 aromatic rings. The topological polar surface area (TPSA) is 94.7 Å². The molecule has 0 aliphatic rings. The number of aromatic nitrogens is 1. The van der Waals surface area contributed by atoms with Gasteiger partial charge in [-0.1, -0.05) is 54.1 Å². The zero-order valence-electron chi connectivity index (χ0n) is 17.0. The monoisotopic (exact) mass is 411 g/mol. The van der Waals surface area contributed by atoms with E-state index in [4.69, 9.17) is 0 Å². The van der Waals surface area contributed by atoms with Crippen LogP contribution in [-0.4, -0.2) is 21.9 Å². The van der Waals surface area contributed by atoms with Crippen molar-refractivity contribution in [1.82, 2.24) is 4.57 Å². The number of hydrogen-bond acceptors (Lipinski definition) is 5. The van der Waals surface area contributed by atoms with Gasteiger partial charge < -0.3 is 15.0 Å². The summed E-state index contributed by atoms with van der Waals surface area (Å²) in [5, 5.41) is 23.4. The second-order valence-electron chi connectivity index (χ2n) is 7.28. The number of benzene rings is 3. The lowest BCUT2D eigenvalue weighted by molar-refractivity contribution is -0.254. The maximum absolute atomic E-state index is 13.2. The van der Waals surface area contributed by atoms with E-state index in [0.717, 1.165) is 11.1 Å². The Kier molecular flexibility index (Phi) is 5.13. The van der Waals surface area contributed by atoms with Crippen LogP contribution in [0.25, 0.3) is 16.5 Å². The molecule has 0 saturated carbocycles. The quantitative estimate of drug-likeness (QED) is 0.521. The maximum Gasteiger partial charge on any atom is 0.265 e. The van der Waals surface area contributed by atoms with Gasteiger partial charge in [0.15, 0.2) is 0 Å². The van der Waals surface area contributed by atoms with Crippen molar-refractivity contribution in [3.05, 3.63) is 99.3 Å². The van der Waals surface area contributed by atoms with Crippen molar-refractivity contribution in [3.8, 4) is 11.6 Å². The second kappa shape index (κ2) is 7.91. The molecule has 0 unspecified atom stereocenters. The van der Waals surface area contributed by atoms with Crippen LogP contribution in [0.5, 0.6) is 5.88 Å². The average Bonchev–Trinajstić information content (AvgIpc) is 2.75. The number of pyridine rings is 1. The van der Waals surface area contributed by atoms with E-state index in [2.05, 4.69) is 4.99 Å². The minimum Gasteiger partial charge on any atom is -0.545 e. The molecule has 4 rings (SSSR count). The predicted molar refractivity (Wildman–Crippen MR) is 119 cm³/mol. The average molecular weight is 411 g/mol. The summed E-state index contributed by atoms with van der Waals surface area (Å²) in [6, 6.07) is 18.7. The number of fused-ring (bicyclic) bond motifs is 1. The Balaban J connectivity index is 2.00. The fraction of sp³-hybridized carbons (Fsp3) is 0.0800.